The van der Waals surface area contributed by atoms with E-state index < -0.39 is 0 Å². The molecular formula is C26H26FN3O3. The Balaban J connectivity index is 1.64. The molecule has 0 radical (unpaired) electrons. The lowest BCUT2D eigenvalue weighted by Crippen LogP contribution is -2.37. The Morgan fingerprint density at radius 1 is 1.18 bits per heavy atom. The fourth-order valence-corrected chi connectivity index (χ4v) is 4.27. The molecule has 2 amide bonds. The van der Waals surface area contributed by atoms with Crippen molar-refractivity contribution in [3.8, 4) is 11.1 Å². The zero-order valence-electron chi connectivity index (χ0n) is 18.8. The molecular weight excluding hydrogens is 421 g/mol. The van der Waals surface area contributed by atoms with Gasteiger partial charge in [0.15, 0.2) is 0 Å². The summed E-state index contributed by atoms with van der Waals surface area (Å²) in [5.41, 5.74) is 3.03. The Labute approximate surface area is 191 Å². The predicted molar refractivity (Wildman–Crippen MR) is 126 cm³/mol. The van der Waals surface area contributed by atoms with E-state index in [4.69, 9.17) is 0 Å². The molecule has 6 nitrogen and oxygen atoms in total. The molecule has 2 aromatic rings. The van der Waals surface area contributed by atoms with E-state index in [2.05, 4.69) is 5.32 Å². The summed E-state index contributed by atoms with van der Waals surface area (Å²) in [6.45, 7) is 1.88. The summed E-state index contributed by atoms with van der Waals surface area (Å²) in [5, 5.41) is 2.97. The molecule has 4 rings (SSSR count). The summed E-state index contributed by atoms with van der Waals surface area (Å²) >= 11 is 0. The van der Waals surface area contributed by atoms with E-state index in [1.54, 1.807) is 50.8 Å². The number of aryl methyl sites for hydroxylation is 2. The number of hydrogen-bond donors (Lipinski definition) is 1. The minimum atomic E-state index is -0.348. The largest absolute Gasteiger partial charge is 0.322 e. The molecule has 0 fully saturated rings. The second-order valence-electron chi connectivity index (χ2n) is 8.57. The molecule has 0 bridgehead atoms. The Morgan fingerprint density at radius 3 is 2.70 bits per heavy atom. The number of carbonyl (C=O) groups excluding carboxylic acids is 2. The normalized spacial score (nSPS) is 20.4. The summed E-state index contributed by atoms with van der Waals surface area (Å²) in [5.74, 6) is -1.19. The van der Waals surface area contributed by atoms with Gasteiger partial charge in [-0.05, 0) is 60.7 Å². The van der Waals surface area contributed by atoms with Gasteiger partial charge in [0.1, 0.15) is 5.83 Å². The van der Waals surface area contributed by atoms with Crippen LogP contribution in [0, 0.1) is 18.8 Å². The number of anilines is 1. The fourth-order valence-electron chi connectivity index (χ4n) is 4.27. The van der Waals surface area contributed by atoms with Crippen LogP contribution in [0.25, 0.3) is 11.1 Å². The van der Waals surface area contributed by atoms with E-state index in [0.717, 1.165) is 5.56 Å². The second-order valence-corrected chi connectivity index (χ2v) is 8.57. The summed E-state index contributed by atoms with van der Waals surface area (Å²) < 4.78 is 15.0. The van der Waals surface area contributed by atoms with Gasteiger partial charge in [0.25, 0.3) is 11.5 Å². The van der Waals surface area contributed by atoms with Crippen LogP contribution in [0.5, 0.6) is 0 Å². The van der Waals surface area contributed by atoms with E-state index in [-0.39, 0.29) is 41.5 Å². The molecule has 2 heterocycles. The third kappa shape index (κ3) is 4.58. The van der Waals surface area contributed by atoms with Crippen LogP contribution in [-0.4, -0.2) is 28.3 Å². The highest BCUT2D eigenvalue weighted by molar-refractivity contribution is 6.06. The van der Waals surface area contributed by atoms with Crippen LogP contribution in [0.3, 0.4) is 0 Å². The lowest BCUT2D eigenvalue weighted by atomic mass is 9.78. The molecule has 1 aliphatic carbocycles. The van der Waals surface area contributed by atoms with Gasteiger partial charge in [-0.3, -0.25) is 14.4 Å². The number of pyridine rings is 1. The molecule has 0 saturated carbocycles. The van der Waals surface area contributed by atoms with Gasteiger partial charge in [0, 0.05) is 55.7 Å². The van der Waals surface area contributed by atoms with Gasteiger partial charge < -0.3 is 14.8 Å². The van der Waals surface area contributed by atoms with Crippen LogP contribution in [0.2, 0.25) is 0 Å². The maximum absolute atomic E-state index is 13.5. The van der Waals surface area contributed by atoms with E-state index in [9.17, 15) is 18.8 Å². The molecule has 170 valence electrons. The highest BCUT2D eigenvalue weighted by Gasteiger charge is 2.35. The quantitative estimate of drug-likeness (QED) is 0.767. The highest BCUT2D eigenvalue weighted by atomic mass is 19.1. The zero-order valence-corrected chi connectivity index (χ0v) is 18.8. The maximum atomic E-state index is 13.5. The monoisotopic (exact) mass is 447 g/mol. The molecule has 2 atom stereocenters. The van der Waals surface area contributed by atoms with Gasteiger partial charge >= 0.3 is 0 Å². The fraction of sp³-hybridized carbons (Fsp3) is 0.269. The average molecular weight is 448 g/mol. The van der Waals surface area contributed by atoms with Crippen LogP contribution in [0.4, 0.5) is 10.1 Å². The molecule has 0 saturated heterocycles. The van der Waals surface area contributed by atoms with Crippen molar-refractivity contribution < 1.29 is 14.0 Å². The number of amides is 2. The van der Waals surface area contributed by atoms with Crippen LogP contribution in [0.1, 0.15) is 18.4 Å². The number of rotatable bonds is 4. The Bertz CT molecular complexity index is 1270. The molecule has 1 N–H and O–H groups in total. The topological polar surface area (TPSA) is 71.4 Å². The standard InChI is InChI=1S/C26H26FN3O3/c1-16-6-7-18(20-5-4-12-29(2)26(20)33)13-23(16)28-25(32)22-15-30(3)24(31)14-21(22)17-8-10-19(27)11-9-17/h4-8,10-13,15,17,21H,9,14H2,1-3H3,(H,28,32). The van der Waals surface area contributed by atoms with Crippen molar-refractivity contribution in [1.29, 1.82) is 0 Å². The third-order valence-corrected chi connectivity index (χ3v) is 6.31. The number of aromatic nitrogens is 1. The van der Waals surface area contributed by atoms with E-state index in [1.807, 2.05) is 19.1 Å². The van der Waals surface area contributed by atoms with Crippen molar-refractivity contribution in [3.05, 3.63) is 88.3 Å². The SMILES string of the molecule is Cc1ccc(-c2cccn(C)c2=O)cc1NC(=O)C1=CN(C)C(=O)CC1C1C=CC(F)=CC1. The second kappa shape index (κ2) is 9.02. The summed E-state index contributed by atoms with van der Waals surface area (Å²) in [6.07, 6.45) is 8.48. The van der Waals surface area contributed by atoms with Crippen LogP contribution < -0.4 is 10.9 Å². The van der Waals surface area contributed by atoms with Gasteiger partial charge in [-0.25, -0.2) is 4.39 Å². The molecule has 2 aliphatic rings. The molecule has 1 aliphatic heterocycles. The number of nitrogens with one attached hydrogen (secondary N) is 1. The van der Waals surface area contributed by atoms with Crippen LogP contribution in [-0.2, 0) is 16.6 Å². The smallest absolute Gasteiger partial charge is 0.258 e. The van der Waals surface area contributed by atoms with Gasteiger partial charge in [-0.1, -0.05) is 18.2 Å². The van der Waals surface area contributed by atoms with Crippen molar-refractivity contribution in [2.45, 2.75) is 19.8 Å². The predicted octanol–water partition coefficient (Wildman–Crippen LogP) is 4.09. The molecule has 2 unspecified atom stereocenters. The van der Waals surface area contributed by atoms with Gasteiger partial charge in [-0.15, -0.1) is 0 Å². The number of allylic oxidation sites excluding steroid dienone is 4. The minimum absolute atomic E-state index is 0.0851. The number of halogens is 1. The van der Waals surface area contributed by atoms with Crippen LogP contribution >= 0.6 is 0 Å². The third-order valence-electron chi connectivity index (χ3n) is 6.31. The first-order valence-corrected chi connectivity index (χ1v) is 10.8. The number of benzene rings is 1. The molecule has 0 spiro atoms. The van der Waals surface area contributed by atoms with E-state index in [1.165, 1.54) is 21.6 Å². The molecule has 1 aromatic carbocycles. The van der Waals surface area contributed by atoms with Crippen molar-refractivity contribution in [1.82, 2.24) is 9.47 Å². The van der Waals surface area contributed by atoms with Gasteiger partial charge in [0.05, 0.1) is 0 Å². The Hall–Kier alpha value is -3.74. The Morgan fingerprint density at radius 2 is 1.97 bits per heavy atom. The molecule has 33 heavy (non-hydrogen) atoms. The highest BCUT2D eigenvalue weighted by Crippen LogP contribution is 2.36. The first-order chi connectivity index (χ1) is 15.7. The number of nitrogens with zero attached hydrogens (tertiary/aromatic N) is 2. The average Bonchev–Trinajstić information content (AvgIpc) is 2.79. The van der Waals surface area contributed by atoms with Crippen molar-refractivity contribution >= 4 is 17.5 Å². The summed E-state index contributed by atoms with van der Waals surface area (Å²) in [7, 11) is 3.32. The summed E-state index contributed by atoms with van der Waals surface area (Å²) in [6, 6.07) is 9.05. The van der Waals surface area contributed by atoms with Gasteiger partial charge in [-0.2, -0.15) is 0 Å². The van der Waals surface area contributed by atoms with Crippen molar-refractivity contribution in [3.63, 3.8) is 0 Å². The van der Waals surface area contributed by atoms with E-state index in [0.29, 0.717) is 28.8 Å². The van der Waals surface area contributed by atoms with E-state index >= 15 is 0 Å². The first-order valence-electron chi connectivity index (χ1n) is 10.8. The van der Waals surface area contributed by atoms with Crippen molar-refractivity contribution in [2.24, 2.45) is 18.9 Å². The zero-order chi connectivity index (χ0) is 23.7. The molecule has 7 heteroatoms. The summed E-state index contributed by atoms with van der Waals surface area (Å²) in [4.78, 5) is 39.7. The Kier molecular flexibility index (Phi) is 6.14. The van der Waals surface area contributed by atoms with Crippen molar-refractivity contribution in [2.75, 3.05) is 12.4 Å². The molecule has 1 aromatic heterocycles. The number of carbonyl (C=O) groups is 2. The number of hydrogen-bond acceptors (Lipinski definition) is 3. The first kappa shape index (κ1) is 22.5. The maximum Gasteiger partial charge on any atom is 0.258 e. The minimum Gasteiger partial charge on any atom is -0.322 e. The van der Waals surface area contributed by atoms with Crippen LogP contribution in [0.15, 0.2) is 77.2 Å². The lowest BCUT2D eigenvalue weighted by molar-refractivity contribution is -0.129. The lowest BCUT2D eigenvalue weighted by Gasteiger charge is -2.32. The van der Waals surface area contributed by atoms with Gasteiger partial charge in [0.2, 0.25) is 5.91 Å².